The highest BCUT2D eigenvalue weighted by atomic mass is 79.9. The second-order valence-corrected chi connectivity index (χ2v) is 5.70. The molecule has 116 valence electrons. The Labute approximate surface area is 135 Å². The lowest BCUT2D eigenvalue weighted by atomic mass is 10.1. The van der Waals surface area contributed by atoms with Crippen LogP contribution >= 0.6 is 15.9 Å². The predicted molar refractivity (Wildman–Crippen MR) is 86.5 cm³/mol. The van der Waals surface area contributed by atoms with E-state index in [2.05, 4.69) is 31.7 Å². The van der Waals surface area contributed by atoms with Gasteiger partial charge in [-0.2, -0.15) is 5.10 Å². The first-order valence-electron chi connectivity index (χ1n) is 6.59. The largest absolute Gasteiger partial charge is 0.325 e. The number of hydrogen-bond donors (Lipinski definition) is 2. The number of hydrazone groups is 1. The number of carbonyl (C=O) groups is 3. The molecule has 0 aliphatic carbocycles. The average Bonchev–Trinajstić information content (AvgIpc) is 2.44. The monoisotopic (exact) mass is 366 g/mol. The molecule has 0 atom stereocenters. The maximum absolute atomic E-state index is 12.3. The van der Waals surface area contributed by atoms with E-state index >= 15 is 0 Å². The number of anilines is 2. The summed E-state index contributed by atoms with van der Waals surface area (Å²) in [5.41, 5.74) is 1.22. The minimum Gasteiger partial charge on any atom is -0.325 e. The van der Waals surface area contributed by atoms with Crippen LogP contribution in [0.5, 0.6) is 0 Å². The normalized spacial score (nSPS) is 14.4. The summed E-state index contributed by atoms with van der Waals surface area (Å²) in [4.78, 5) is 34.8. The molecule has 7 nitrogen and oxygen atoms in total. The van der Waals surface area contributed by atoms with Crippen LogP contribution in [0.1, 0.15) is 19.8 Å². The first-order chi connectivity index (χ1) is 10.4. The van der Waals surface area contributed by atoms with E-state index in [1.165, 1.54) is 14.0 Å². The number of nitrogens with one attached hydrogen (secondary N) is 2. The summed E-state index contributed by atoms with van der Waals surface area (Å²) in [6.07, 6.45) is 0.540. The number of rotatable bonds is 3. The van der Waals surface area contributed by atoms with Gasteiger partial charge in [0.2, 0.25) is 11.8 Å². The van der Waals surface area contributed by atoms with E-state index in [9.17, 15) is 14.4 Å². The van der Waals surface area contributed by atoms with E-state index < -0.39 is 5.91 Å². The second kappa shape index (κ2) is 6.69. The zero-order valence-electron chi connectivity index (χ0n) is 12.1. The van der Waals surface area contributed by atoms with Crippen molar-refractivity contribution in [2.45, 2.75) is 19.8 Å². The van der Waals surface area contributed by atoms with Crippen molar-refractivity contribution in [2.24, 2.45) is 5.10 Å². The van der Waals surface area contributed by atoms with Crippen LogP contribution in [-0.2, 0) is 14.4 Å². The van der Waals surface area contributed by atoms with Crippen LogP contribution in [0, 0.1) is 0 Å². The van der Waals surface area contributed by atoms with Crippen molar-refractivity contribution >= 4 is 50.7 Å². The van der Waals surface area contributed by atoms with Gasteiger partial charge in [0, 0.05) is 31.3 Å². The highest BCUT2D eigenvalue weighted by molar-refractivity contribution is 9.10. The van der Waals surface area contributed by atoms with E-state index in [0.29, 0.717) is 17.8 Å². The maximum atomic E-state index is 12.3. The fourth-order valence-corrected chi connectivity index (χ4v) is 2.31. The van der Waals surface area contributed by atoms with Gasteiger partial charge >= 0.3 is 0 Å². The molecule has 0 saturated heterocycles. The summed E-state index contributed by atoms with van der Waals surface area (Å²) in [6, 6.07) is 5.12. The molecule has 2 rings (SSSR count). The highest BCUT2D eigenvalue weighted by Gasteiger charge is 2.22. The number of hydrogen-bond acceptors (Lipinski definition) is 4. The Hall–Kier alpha value is -2.22. The summed E-state index contributed by atoms with van der Waals surface area (Å²) in [5, 5.41) is 10.5. The van der Waals surface area contributed by atoms with Crippen LogP contribution in [-0.4, -0.2) is 35.5 Å². The van der Waals surface area contributed by atoms with Crippen LogP contribution in [0.2, 0.25) is 0 Å². The van der Waals surface area contributed by atoms with E-state index in [1.807, 2.05) is 0 Å². The van der Waals surface area contributed by atoms with Gasteiger partial charge in [-0.3, -0.25) is 14.4 Å². The van der Waals surface area contributed by atoms with E-state index in [0.717, 1.165) is 9.48 Å². The smallest absolute Gasteiger partial charge is 0.271 e. The highest BCUT2D eigenvalue weighted by Crippen LogP contribution is 2.26. The molecule has 8 heteroatoms. The fourth-order valence-electron chi connectivity index (χ4n) is 1.95. The molecule has 0 aromatic heterocycles. The molecule has 0 bridgehead atoms. The Morgan fingerprint density at radius 3 is 2.59 bits per heavy atom. The van der Waals surface area contributed by atoms with E-state index in [1.54, 1.807) is 18.2 Å². The molecule has 1 aromatic rings. The van der Waals surface area contributed by atoms with Crippen molar-refractivity contribution in [1.82, 2.24) is 5.01 Å². The molecule has 0 radical (unpaired) electrons. The van der Waals surface area contributed by atoms with E-state index in [-0.39, 0.29) is 23.9 Å². The molecule has 3 amide bonds. The van der Waals surface area contributed by atoms with Gasteiger partial charge in [-0.25, -0.2) is 5.01 Å². The molecule has 1 aromatic carbocycles. The van der Waals surface area contributed by atoms with Crippen molar-refractivity contribution in [3.8, 4) is 0 Å². The van der Waals surface area contributed by atoms with Crippen LogP contribution < -0.4 is 10.6 Å². The van der Waals surface area contributed by atoms with Crippen molar-refractivity contribution in [3.63, 3.8) is 0 Å². The second-order valence-electron chi connectivity index (χ2n) is 4.79. The maximum Gasteiger partial charge on any atom is 0.271 e. The molecule has 1 aliphatic heterocycles. The molecular formula is C14H15BrN4O3. The number of benzene rings is 1. The lowest BCUT2D eigenvalue weighted by Gasteiger charge is -2.19. The lowest BCUT2D eigenvalue weighted by molar-refractivity contribution is -0.130. The number of halogens is 1. The summed E-state index contributed by atoms with van der Waals surface area (Å²) in [5.74, 6) is -0.764. The molecule has 1 heterocycles. The Balaban J connectivity index is 2.21. The number of nitrogens with zero attached hydrogens (tertiary/aromatic N) is 2. The molecule has 0 spiro atoms. The van der Waals surface area contributed by atoms with Gasteiger partial charge in [0.1, 0.15) is 5.71 Å². The Kier molecular flexibility index (Phi) is 4.92. The zero-order valence-corrected chi connectivity index (χ0v) is 13.7. The van der Waals surface area contributed by atoms with Crippen molar-refractivity contribution in [1.29, 1.82) is 0 Å². The molecule has 0 saturated carbocycles. The standard InChI is InChI=1S/C14H15BrN4O3/c1-8(20)16-10-4-3-9(15)7-12(10)17-14(22)11-5-6-13(21)19(2)18-11/h3-4,7H,5-6H2,1-2H3,(H,16,20)(H,17,22). The minimum absolute atomic E-state index is 0.127. The van der Waals surface area contributed by atoms with Gasteiger partial charge < -0.3 is 10.6 Å². The quantitative estimate of drug-likeness (QED) is 0.856. The Bertz CT molecular complexity index is 672. The molecular weight excluding hydrogens is 352 g/mol. The van der Waals surface area contributed by atoms with Crippen LogP contribution in [0.4, 0.5) is 11.4 Å². The molecule has 1 aliphatic rings. The first kappa shape index (κ1) is 16.2. The molecule has 0 unspecified atom stereocenters. The van der Waals surface area contributed by atoms with Gasteiger partial charge in [0.05, 0.1) is 11.4 Å². The molecule has 2 N–H and O–H groups in total. The third kappa shape index (κ3) is 3.91. The van der Waals surface area contributed by atoms with Crippen LogP contribution in [0.15, 0.2) is 27.8 Å². The van der Waals surface area contributed by atoms with Crippen molar-refractivity contribution < 1.29 is 14.4 Å². The summed E-state index contributed by atoms with van der Waals surface area (Å²) < 4.78 is 0.759. The minimum atomic E-state index is -0.399. The third-order valence-corrected chi connectivity index (χ3v) is 3.50. The third-order valence-electron chi connectivity index (χ3n) is 3.01. The van der Waals surface area contributed by atoms with Gasteiger partial charge in [-0.15, -0.1) is 0 Å². The van der Waals surface area contributed by atoms with Crippen LogP contribution in [0.25, 0.3) is 0 Å². The van der Waals surface area contributed by atoms with Crippen molar-refractivity contribution in [2.75, 3.05) is 17.7 Å². The zero-order chi connectivity index (χ0) is 16.3. The van der Waals surface area contributed by atoms with Crippen LogP contribution in [0.3, 0.4) is 0 Å². The fraction of sp³-hybridized carbons (Fsp3) is 0.286. The average molecular weight is 367 g/mol. The lowest BCUT2D eigenvalue weighted by Crippen LogP contribution is -2.34. The van der Waals surface area contributed by atoms with Gasteiger partial charge in [-0.05, 0) is 18.2 Å². The topological polar surface area (TPSA) is 90.9 Å². The summed E-state index contributed by atoms with van der Waals surface area (Å²) in [7, 11) is 1.51. The predicted octanol–water partition coefficient (Wildman–Crippen LogP) is 1.95. The Morgan fingerprint density at radius 1 is 1.23 bits per heavy atom. The first-order valence-corrected chi connectivity index (χ1v) is 7.38. The van der Waals surface area contributed by atoms with Gasteiger partial charge in [0.25, 0.3) is 5.91 Å². The number of amides is 3. The summed E-state index contributed by atoms with van der Waals surface area (Å²) in [6.45, 7) is 1.39. The SMILES string of the molecule is CC(=O)Nc1ccc(Br)cc1NC(=O)C1=NN(C)C(=O)CC1. The molecule has 0 fully saturated rings. The number of carbonyl (C=O) groups excluding carboxylic acids is 3. The van der Waals surface area contributed by atoms with Gasteiger partial charge in [0.15, 0.2) is 0 Å². The van der Waals surface area contributed by atoms with Gasteiger partial charge in [-0.1, -0.05) is 15.9 Å². The van der Waals surface area contributed by atoms with Crippen molar-refractivity contribution in [3.05, 3.63) is 22.7 Å². The Morgan fingerprint density at radius 2 is 1.95 bits per heavy atom. The summed E-state index contributed by atoms with van der Waals surface area (Å²) >= 11 is 3.32. The molecule has 22 heavy (non-hydrogen) atoms. The van der Waals surface area contributed by atoms with E-state index in [4.69, 9.17) is 0 Å².